The predicted molar refractivity (Wildman–Crippen MR) is 85.2 cm³/mol. The summed E-state index contributed by atoms with van der Waals surface area (Å²) in [4.78, 5) is 34.7. The third kappa shape index (κ3) is 5.30. The van der Waals surface area contributed by atoms with Crippen LogP contribution in [0.15, 0.2) is 30.0 Å². The SMILES string of the molecule is CCNC(=O)c1ccc(N/C(=C/C(=O)OC)C(=O)OC)cc1Cl. The van der Waals surface area contributed by atoms with Crippen LogP contribution in [0.3, 0.4) is 0 Å². The summed E-state index contributed by atoms with van der Waals surface area (Å²) in [5, 5.41) is 5.53. The van der Waals surface area contributed by atoms with E-state index in [0.717, 1.165) is 6.08 Å². The van der Waals surface area contributed by atoms with E-state index in [4.69, 9.17) is 11.6 Å². The molecule has 7 nitrogen and oxygen atoms in total. The Bertz CT molecular complexity index is 643. The van der Waals surface area contributed by atoms with Gasteiger partial charge in [-0.1, -0.05) is 11.6 Å². The van der Waals surface area contributed by atoms with E-state index in [1.807, 2.05) is 0 Å². The topological polar surface area (TPSA) is 93.7 Å². The fourth-order valence-electron chi connectivity index (χ4n) is 1.62. The summed E-state index contributed by atoms with van der Waals surface area (Å²) in [6.07, 6.45) is 0.956. The molecule has 0 saturated heterocycles. The van der Waals surface area contributed by atoms with Gasteiger partial charge in [-0.05, 0) is 25.1 Å². The second kappa shape index (κ2) is 8.79. The van der Waals surface area contributed by atoms with E-state index in [2.05, 4.69) is 20.1 Å². The summed E-state index contributed by atoms with van der Waals surface area (Å²) in [6.45, 7) is 2.27. The molecular formula is C15H17ClN2O5. The second-order valence-corrected chi connectivity index (χ2v) is 4.66. The molecule has 0 aromatic heterocycles. The first-order valence-electron chi connectivity index (χ1n) is 6.65. The quantitative estimate of drug-likeness (QED) is 0.605. The molecule has 0 heterocycles. The third-order valence-corrected chi connectivity index (χ3v) is 3.01. The molecule has 8 heteroatoms. The van der Waals surface area contributed by atoms with Crippen molar-refractivity contribution in [2.75, 3.05) is 26.1 Å². The lowest BCUT2D eigenvalue weighted by Crippen LogP contribution is -2.23. The molecule has 1 amide bonds. The lowest BCUT2D eigenvalue weighted by atomic mass is 10.2. The first kappa shape index (κ1) is 18.5. The van der Waals surface area contributed by atoms with Gasteiger partial charge in [0.25, 0.3) is 5.91 Å². The number of methoxy groups -OCH3 is 2. The van der Waals surface area contributed by atoms with Gasteiger partial charge in [0, 0.05) is 12.2 Å². The molecular weight excluding hydrogens is 324 g/mol. The van der Waals surface area contributed by atoms with Crippen molar-refractivity contribution in [2.24, 2.45) is 0 Å². The van der Waals surface area contributed by atoms with Crippen molar-refractivity contribution in [2.45, 2.75) is 6.92 Å². The maximum absolute atomic E-state index is 11.8. The van der Waals surface area contributed by atoms with Crippen molar-refractivity contribution < 1.29 is 23.9 Å². The summed E-state index contributed by atoms with van der Waals surface area (Å²) in [5.41, 5.74) is 0.584. The largest absolute Gasteiger partial charge is 0.466 e. The number of anilines is 1. The lowest BCUT2D eigenvalue weighted by Gasteiger charge is -2.11. The van der Waals surface area contributed by atoms with Crippen LogP contribution in [-0.4, -0.2) is 38.6 Å². The van der Waals surface area contributed by atoms with Crippen molar-refractivity contribution in [1.82, 2.24) is 5.32 Å². The zero-order chi connectivity index (χ0) is 17.4. The molecule has 0 radical (unpaired) electrons. The number of hydrogen-bond donors (Lipinski definition) is 2. The zero-order valence-corrected chi connectivity index (χ0v) is 13.7. The summed E-state index contributed by atoms with van der Waals surface area (Å²) in [7, 11) is 2.37. The molecule has 0 bridgehead atoms. The molecule has 0 saturated carbocycles. The summed E-state index contributed by atoms with van der Waals surface area (Å²) < 4.78 is 9.05. The van der Waals surface area contributed by atoms with Crippen LogP contribution in [0.4, 0.5) is 5.69 Å². The molecule has 1 aromatic carbocycles. The van der Waals surface area contributed by atoms with Crippen LogP contribution < -0.4 is 10.6 Å². The Kier molecular flexibility index (Phi) is 7.08. The average molecular weight is 341 g/mol. The number of benzene rings is 1. The molecule has 124 valence electrons. The third-order valence-electron chi connectivity index (χ3n) is 2.70. The van der Waals surface area contributed by atoms with Gasteiger partial charge in [0.1, 0.15) is 5.70 Å². The van der Waals surface area contributed by atoms with Crippen LogP contribution >= 0.6 is 11.6 Å². The average Bonchev–Trinajstić information content (AvgIpc) is 2.53. The number of ether oxygens (including phenoxy) is 2. The van der Waals surface area contributed by atoms with Crippen LogP contribution in [0.1, 0.15) is 17.3 Å². The van der Waals surface area contributed by atoms with Gasteiger partial charge in [-0.25, -0.2) is 9.59 Å². The number of rotatable bonds is 6. The summed E-state index contributed by atoms with van der Waals surface area (Å²) in [5.74, 6) is -1.77. The van der Waals surface area contributed by atoms with Gasteiger partial charge in [0.2, 0.25) is 0 Å². The highest BCUT2D eigenvalue weighted by molar-refractivity contribution is 6.34. The maximum atomic E-state index is 11.8. The summed E-state index contributed by atoms with van der Waals surface area (Å²) >= 11 is 6.06. The van der Waals surface area contributed by atoms with Gasteiger partial charge >= 0.3 is 11.9 Å². The van der Waals surface area contributed by atoms with E-state index in [-0.39, 0.29) is 16.6 Å². The minimum Gasteiger partial charge on any atom is -0.466 e. The number of hydrogen-bond acceptors (Lipinski definition) is 6. The molecule has 0 atom stereocenters. The minimum absolute atomic E-state index is 0.124. The molecule has 0 aliphatic carbocycles. The van der Waals surface area contributed by atoms with Crippen LogP contribution in [0, 0.1) is 0 Å². The standard InChI is InChI=1S/C15H17ClN2O5/c1-4-17-14(20)10-6-5-9(7-11(10)16)18-12(15(21)23-3)8-13(19)22-2/h5-8,18H,4H2,1-3H3,(H,17,20)/b12-8+. The number of amides is 1. The second-order valence-electron chi connectivity index (χ2n) is 4.25. The number of carbonyl (C=O) groups is 3. The van der Waals surface area contributed by atoms with Gasteiger partial charge < -0.3 is 20.1 Å². The van der Waals surface area contributed by atoms with Crippen molar-refractivity contribution >= 4 is 35.1 Å². The highest BCUT2D eigenvalue weighted by Gasteiger charge is 2.15. The predicted octanol–water partition coefficient (Wildman–Crippen LogP) is 1.73. The molecule has 1 aromatic rings. The van der Waals surface area contributed by atoms with E-state index in [1.165, 1.54) is 26.4 Å². The Hall–Kier alpha value is -2.54. The van der Waals surface area contributed by atoms with E-state index >= 15 is 0 Å². The Morgan fingerprint density at radius 1 is 1.22 bits per heavy atom. The minimum atomic E-state index is -0.751. The summed E-state index contributed by atoms with van der Waals surface area (Å²) in [6, 6.07) is 4.51. The van der Waals surface area contributed by atoms with Crippen molar-refractivity contribution in [1.29, 1.82) is 0 Å². The number of esters is 2. The first-order chi connectivity index (χ1) is 10.9. The highest BCUT2D eigenvalue weighted by atomic mass is 35.5. The smallest absolute Gasteiger partial charge is 0.354 e. The Balaban J connectivity index is 3.04. The normalized spacial score (nSPS) is 10.7. The van der Waals surface area contributed by atoms with Crippen LogP contribution in [-0.2, 0) is 19.1 Å². The monoisotopic (exact) mass is 340 g/mol. The van der Waals surface area contributed by atoms with E-state index in [1.54, 1.807) is 13.0 Å². The number of carbonyl (C=O) groups excluding carboxylic acids is 3. The van der Waals surface area contributed by atoms with E-state index in [0.29, 0.717) is 17.8 Å². The van der Waals surface area contributed by atoms with Crippen LogP contribution in [0.2, 0.25) is 5.02 Å². The lowest BCUT2D eigenvalue weighted by molar-refractivity contribution is -0.138. The van der Waals surface area contributed by atoms with Gasteiger partial charge in [0.15, 0.2) is 0 Å². The molecule has 1 rings (SSSR count). The van der Waals surface area contributed by atoms with Gasteiger partial charge in [-0.15, -0.1) is 0 Å². The first-order valence-corrected chi connectivity index (χ1v) is 7.03. The maximum Gasteiger partial charge on any atom is 0.354 e. The molecule has 0 fully saturated rings. The van der Waals surface area contributed by atoms with Gasteiger partial charge in [-0.3, -0.25) is 4.79 Å². The molecule has 0 aliphatic heterocycles. The van der Waals surface area contributed by atoms with E-state index in [9.17, 15) is 14.4 Å². The fourth-order valence-corrected chi connectivity index (χ4v) is 1.89. The van der Waals surface area contributed by atoms with Crippen molar-refractivity contribution in [3.8, 4) is 0 Å². The van der Waals surface area contributed by atoms with Crippen LogP contribution in [0.25, 0.3) is 0 Å². The molecule has 23 heavy (non-hydrogen) atoms. The molecule has 0 aliphatic rings. The van der Waals surface area contributed by atoms with E-state index < -0.39 is 11.9 Å². The van der Waals surface area contributed by atoms with Crippen molar-refractivity contribution in [3.63, 3.8) is 0 Å². The number of nitrogens with one attached hydrogen (secondary N) is 2. The van der Waals surface area contributed by atoms with Crippen molar-refractivity contribution in [3.05, 3.63) is 40.6 Å². The number of halogens is 1. The Morgan fingerprint density at radius 3 is 2.43 bits per heavy atom. The highest BCUT2D eigenvalue weighted by Crippen LogP contribution is 2.22. The zero-order valence-electron chi connectivity index (χ0n) is 12.9. The van der Waals surface area contributed by atoms with Gasteiger partial charge in [-0.2, -0.15) is 0 Å². The fraction of sp³-hybridized carbons (Fsp3) is 0.267. The molecule has 0 unspecified atom stereocenters. The van der Waals surface area contributed by atoms with Gasteiger partial charge in [0.05, 0.1) is 30.9 Å². The Morgan fingerprint density at radius 2 is 1.91 bits per heavy atom. The Labute approximate surface area is 138 Å². The molecule has 0 spiro atoms. The molecule has 2 N–H and O–H groups in total. The van der Waals surface area contributed by atoms with Crippen LogP contribution in [0.5, 0.6) is 0 Å².